The molecule has 0 aliphatic rings. The van der Waals surface area contributed by atoms with E-state index in [1.807, 2.05) is 12.1 Å². The van der Waals surface area contributed by atoms with E-state index in [1.165, 1.54) is 29.3 Å². The molecule has 5 nitrogen and oxygen atoms in total. The zero-order chi connectivity index (χ0) is 22.4. The summed E-state index contributed by atoms with van der Waals surface area (Å²) in [6.07, 6.45) is 1.51. The van der Waals surface area contributed by atoms with Gasteiger partial charge in [0, 0.05) is 5.69 Å². The van der Waals surface area contributed by atoms with Gasteiger partial charge in [0.05, 0.1) is 4.47 Å². The van der Waals surface area contributed by atoms with E-state index in [1.54, 1.807) is 30.3 Å². The van der Waals surface area contributed by atoms with Crippen molar-refractivity contribution in [2.75, 3.05) is 5.32 Å². The summed E-state index contributed by atoms with van der Waals surface area (Å²) in [5, 5.41) is 21.4. The number of anilines is 1. The van der Waals surface area contributed by atoms with Crippen molar-refractivity contribution < 1.29 is 14.6 Å². The van der Waals surface area contributed by atoms with Gasteiger partial charge in [-0.05, 0) is 94.5 Å². The van der Waals surface area contributed by atoms with Crippen molar-refractivity contribution in [2.24, 2.45) is 0 Å². The number of benzene rings is 3. The zero-order valence-corrected chi connectivity index (χ0v) is 18.7. The molecular formula is C25H21BrN2O3. The first-order valence-electron chi connectivity index (χ1n) is 9.56. The molecule has 31 heavy (non-hydrogen) atoms. The fraction of sp³-hybridized carbons (Fsp3) is 0.120. The second-order valence-corrected chi connectivity index (χ2v) is 7.92. The van der Waals surface area contributed by atoms with Crippen molar-refractivity contribution >= 4 is 33.6 Å². The maximum absolute atomic E-state index is 12.4. The third-order valence-corrected chi connectivity index (χ3v) is 5.34. The third-order valence-electron chi connectivity index (χ3n) is 4.72. The number of hydrogen-bond donors (Lipinski definition) is 2. The molecule has 0 heterocycles. The first-order chi connectivity index (χ1) is 14.9. The lowest BCUT2D eigenvalue weighted by atomic mass is 10.1. The number of halogens is 1. The summed E-state index contributed by atoms with van der Waals surface area (Å²) in [7, 11) is 0. The van der Waals surface area contributed by atoms with E-state index in [4.69, 9.17) is 4.74 Å². The van der Waals surface area contributed by atoms with Crippen LogP contribution in [0.4, 0.5) is 5.69 Å². The Morgan fingerprint density at radius 2 is 1.84 bits per heavy atom. The van der Waals surface area contributed by atoms with Crippen LogP contribution in [0.25, 0.3) is 6.08 Å². The van der Waals surface area contributed by atoms with Gasteiger partial charge in [-0.2, -0.15) is 5.26 Å². The number of aromatic hydroxyl groups is 1. The Hall–Kier alpha value is -3.56. The molecule has 0 saturated heterocycles. The van der Waals surface area contributed by atoms with Crippen LogP contribution >= 0.6 is 15.9 Å². The van der Waals surface area contributed by atoms with E-state index in [0.29, 0.717) is 23.6 Å². The van der Waals surface area contributed by atoms with Gasteiger partial charge in [0.1, 0.15) is 29.7 Å². The first-order valence-corrected chi connectivity index (χ1v) is 10.4. The highest BCUT2D eigenvalue weighted by Gasteiger charge is 2.11. The van der Waals surface area contributed by atoms with Gasteiger partial charge < -0.3 is 15.2 Å². The molecule has 156 valence electrons. The number of nitrogens with zero attached hydrogens (tertiary/aromatic N) is 1. The Morgan fingerprint density at radius 1 is 1.10 bits per heavy atom. The molecule has 3 rings (SSSR count). The molecule has 0 atom stereocenters. The second kappa shape index (κ2) is 9.96. The molecule has 0 spiro atoms. The van der Waals surface area contributed by atoms with E-state index >= 15 is 0 Å². The Labute approximate surface area is 189 Å². The maximum atomic E-state index is 12.4. The molecule has 2 N–H and O–H groups in total. The Bertz CT molecular complexity index is 1180. The number of nitriles is 1. The second-order valence-electron chi connectivity index (χ2n) is 7.07. The predicted octanol–water partition coefficient (Wildman–Crippen LogP) is 5.90. The molecule has 6 heteroatoms. The van der Waals surface area contributed by atoms with E-state index in [9.17, 15) is 15.2 Å². The minimum Gasteiger partial charge on any atom is -0.508 e. The summed E-state index contributed by atoms with van der Waals surface area (Å²) in [5.41, 5.74) is 4.67. The highest BCUT2D eigenvalue weighted by atomic mass is 79.9. The molecule has 0 unspecified atom stereocenters. The molecule has 0 radical (unpaired) electrons. The molecule has 1 amide bonds. The van der Waals surface area contributed by atoms with Gasteiger partial charge in [-0.1, -0.05) is 24.3 Å². The van der Waals surface area contributed by atoms with Crippen LogP contribution in [0, 0.1) is 25.2 Å². The largest absolute Gasteiger partial charge is 0.508 e. The fourth-order valence-corrected chi connectivity index (χ4v) is 3.35. The fourth-order valence-electron chi connectivity index (χ4n) is 2.84. The standard InChI is InChI=1S/C25H21BrN2O3/c1-16-3-4-19(11-17(16)2)15-31-24-10-5-18(13-23(24)26)12-20(14-27)25(30)28-21-6-8-22(29)9-7-21/h3-13,29H,15H2,1-2H3,(H,28,30)/b20-12+. The van der Waals surface area contributed by atoms with Gasteiger partial charge in [0.25, 0.3) is 5.91 Å². The lowest BCUT2D eigenvalue weighted by Gasteiger charge is -2.10. The summed E-state index contributed by atoms with van der Waals surface area (Å²) in [6, 6.07) is 19.5. The monoisotopic (exact) mass is 476 g/mol. The highest BCUT2D eigenvalue weighted by Crippen LogP contribution is 2.28. The van der Waals surface area contributed by atoms with Crippen molar-refractivity contribution in [1.82, 2.24) is 0 Å². The number of carbonyl (C=O) groups is 1. The van der Waals surface area contributed by atoms with Gasteiger partial charge >= 0.3 is 0 Å². The number of amides is 1. The van der Waals surface area contributed by atoms with Crippen LogP contribution in [-0.4, -0.2) is 11.0 Å². The first kappa shape index (κ1) is 22.1. The number of phenols is 1. The zero-order valence-electron chi connectivity index (χ0n) is 17.1. The highest BCUT2D eigenvalue weighted by molar-refractivity contribution is 9.10. The summed E-state index contributed by atoms with van der Waals surface area (Å²) in [4.78, 5) is 12.4. The Balaban J connectivity index is 1.70. The van der Waals surface area contributed by atoms with Crippen LogP contribution in [0.3, 0.4) is 0 Å². The number of nitrogens with one attached hydrogen (secondary N) is 1. The average Bonchev–Trinajstić information content (AvgIpc) is 2.75. The van der Waals surface area contributed by atoms with E-state index < -0.39 is 5.91 Å². The predicted molar refractivity (Wildman–Crippen MR) is 125 cm³/mol. The van der Waals surface area contributed by atoms with E-state index in [0.717, 1.165) is 10.0 Å². The lowest BCUT2D eigenvalue weighted by molar-refractivity contribution is -0.112. The third kappa shape index (κ3) is 5.97. The number of phenolic OH excluding ortho intramolecular Hbond substituents is 1. The van der Waals surface area contributed by atoms with Crippen LogP contribution in [0.5, 0.6) is 11.5 Å². The minimum atomic E-state index is -0.528. The maximum Gasteiger partial charge on any atom is 0.266 e. The Morgan fingerprint density at radius 3 is 2.48 bits per heavy atom. The minimum absolute atomic E-state index is 0.0382. The molecule has 0 bridgehead atoms. The lowest BCUT2D eigenvalue weighted by Crippen LogP contribution is -2.13. The van der Waals surface area contributed by atoms with Crippen LogP contribution in [0.2, 0.25) is 0 Å². The summed E-state index contributed by atoms with van der Waals surface area (Å²) >= 11 is 3.49. The van der Waals surface area contributed by atoms with E-state index in [-0.39, 0.29) is 11.3 Å². The summed E-state index contributed by atoms with van der Waals surface area (Å²) in [6.45, 7) is 4.58. The van der Waals surface area contributed by atoms with Crippen LogP contribution < -0.4 is 10.1 Å². The van der Waals surface area contributed by atoms with Gasteiger partial charge in [-0.25, -0.2) is 0 Å². The molecular weight excluding hydrogens is 456 g/mol. The summed E-state index contributed by atoms with van der Waals surface area (Å²) < 4.78 is 6.63. The molecule has 0 aromatic heterocycles. The van der Waals surface area contributed by atoms with Crippen LogP contribution in [0.1, 0.15) is 22.3 Å². The van der Waals surface area contributed by atoms with Crippen molar-refractivity contribution in [3.05, 3.63) is 93.0 Å². The average molecular weight is 477 g/mol. The van der Waals surface area contributed by atoms with Crippen molar-refractivity contribution in [2.45, 2.75) is 20.5 Å². The molecule has 0 aliphatic carbocycles. The van der Waals surface area contributed by atoms with Crippen LogP contribution in [-0.2, 0) is 11.4 Å². The molecule has 3 aromatic rings. The number of rotatable bonds is 6. The van der Waals surface area contributed by atoms with Gasteiger partial charge in [0.2, 0.25) is 0 Å². The summed E-state index contributed by atoms with van der Waals surface area (Å²) in [5.74, 6) is 0.237. The van der Waals surface area contributed by atoms with Crippen molar-refractivity contribution in [3.63, 3.8) is 0 Å². The van der Waals surface area contributed by atoms with Crippen molar-refractivity contribution in [1.29, 1.82) is 5.26 Å². The van der Waals surface area contributed by atoms with Crippen LogP contribution in [0.15, 0.2) is 70.7 Å². The normalized spacial score (nSPS) is 11.0. The molecule has 3 aromatic carbocycles. The number of hydrogen-bond acceptors (Lipinski definition) is 4. The number of carbonyl (C=O) groups excluding carboxylic acids is 1. The van der Waals surface area contributed by atoms with Gasteiger partial charge in [0.15, 0.2) is 0 Å². The number of ether oxygens (including phenoxy) is 1. The Kier molecular flexibility index (Phi) is 7.11. The molecule has 0 saturated carbocycles. The number of aryl methyl sites for hydroxylation is 2. The molecule has 0 aliphatic heterocycles. The van der Waals surface area contributed by atoms with Gasteiger partial charge in [-0.3, -0.25) is 4.79 Å². The van der Waals surface area contributed by atoms with Gasteiger partial charge in [-0.15, -0.1) is 0 Å². The quantitative estimate of drug-likeness (QED) is 0.263. The smallest absolute Gasteiger partial charge is 0.266 e. The van der Waals surface area contributed by atoms with Crippen molar-refractivity contribution in [3.8, 4) is 17.6 Å². The molecule has 0 fully saturated rings. The topological polar surface area (TPSA) is 82.3 Å². The SMILES string of the molecule is Cc1ccc(COc2ccc(/C=C(\C#N)C(=O)Nc3ccc(O)cc3)cc2Br)cc1C. The van der Waals surface area contributed by atoms with E-state index in [2.05, 4.69) is 47.2 Å².